The second-order valence-electron chi connectivity index (χ2n) is 6.27. The van der Waals surface area contributed by atoms with Gasteiger partial charge in [0, 0.05) is 18.2 Å². The monoisotopic (exact) mass is 296 g/mol. The van der Waals surface area contributed by atoms with Crippen molar-refractivity contribution in [2.24, 2.45) is 0 Å². The van der Waals surface area contributed by atoms with E-state index in [4.69, 9.17) is 0 Å². The zero-order valence-electron chi connectivity index (χ0n) is 12.5. The number of nitrogens with zero attached hydrogens (tertiary/aromatic N) is 1. The number of piperazine rings is 1. The van der Waals surface area contributed by atoms with Gasteiger partial charge in [-0.1, -0.05) is 6.07 Å². The predicted molar refractivity (Wildman–Crippen MR) is 73.2 cm³/mol. The summed E-state index contributed by atoms with van der Waals surface area (Å²) in [5.41, 5.74) is -1.99. The van der Waals surface area contributed by atoms with Crippen LogP contribution in [0.3, 0.4) is 0 Å². The van der Waals surface area contributed by atoms with Crippen molar-refractivity contribution < 1.29 is 18.4 Å². The molecule has 2 amide bonds. The number of nitrogens with one attached hydrogen (secondary N) is 1. The van der Waals surface area contributed by atoms with Crippen LogP contribution < -0.4 is 5.32 Å². The Morgan fingerprint density at radius 3 is 2.33 bits per heavy atom. The van der Waals surface area contributed by atoms with Crippen molar-refractivity contribution in [3.8, 4) is 0 Å². The molecule has 0 atom stereocenters. The van der Waals surface area contributed by atoms with E-state index in [0.717, 1.165) is 12.1 Å². The number of benzene rings is 1. The zero-order chi connectivity index (χ0) is 16.0. The molecule has 1 fully saturated rings. The van der Waals surface area contributed by atoms with E-state index in [1.165, 1.54) is 11.0 Å². The van der Waals surface area contributed by atoms with Gasteiger partial charge in [-0.25, -0.2) is 8.78 Å². The molecule has 0 bridgehead atoms. The van der Waals surface area contributed by atoms with E-state index in [0.29, 0.717) is 0 Å². The first-order valence-electron chi connectivity index (χ1n) is 6.64. The molecule has 2 rings (SSSR count). The third-order valence-electron chi connectivity index (χ3n) is 3.78. The van der Waals surface area contributed by atoms with Gasteiger partial charge in [-0.3, -0.25) is 9.59 Å². The largest absolute Gasteiger partial charge is 0.340 e. The van der Waals surface area contributed by atoms with Gasteiger partial charge in [0.1, 0.15) is 22.7 Å². The Bertz CT molecular complexity index is 612. The van der Waals surface area contributed by atoms with Crippen LogP contribution in [-0.2, 0) is 16.1 Å². The minimum absolute atomic E-state index is 0.0885. The molecule has 0 aliphatic carbocycles. The van der Waals surface area contributed by atoms with Gasteiger partial charge >= 0.3 is 0 Å². The first-order chi connectivity index (χ1) is 9.55. The van der Waals surface area contributed by atoms with E-state index in [9.17, 15) is 18.4 Å². The number of carbonyl (C=O) groups excluding carboxylic acids is 2. The Labute approximate surface area is 122 Å². The molecule has 1 N–H and O–H groups in total. The highest BCUT2D eigenvalue weighted by molar-refractivity contribution is 6.01. The highest BCUT2D eigenvalue weighted by Crippen LogP contribution is 2.28. The Hall–Kier alpha value is -1.98. The molecule has 1 aromatic carbocycles. The van der Waals surface area contributed by atoms with Crippen LogP contribution in [0.25, 0.3) is 0 Å². The zero-order valence-corrected chi connectivity index (χ0v) is 12.5. The van der Waals surface area contributed by atoms with Crippen LogP contribution in [0.4, 0.5) is 8.78 Å². The van der Waals surface area contributed by atoms with Crippen molar-refractivity contribution in [3.63, 3.8) is 0 Å². The van der Waals surface area contributed by atoms with Gasteiger partial charge in [-0.15, -0.1) is 0 Å². The Balaban J connectivity index is 2.39. The summed E-state index contributed by atoms with van der Waals surface area (Å²) in [7, 11) is 0. The number of carbonyl (C=O) groups is 2. The van der Waals surface area contributed by atoms with Crippen molar-refractivity contribution in [2.75, 3.05) is 0 Å². The summed E-state index contributed by atoms with van der Waals surface area (Å²) in [6, 6.07) is 3.18. The number of halogens is 2. The maximum absolute atomic E-state index is 13.8. The first-order valence-corrected chi connectivity index (χ1v) is 6.64. The molecule has 1 aliphatic heterocycles. The van der Waals surface area contributed by atoms with Crippen LogP contribution >= 0.6 is 0 Å². The summed E-state index contributed by atoms with van der Waals surface area (Å²) in [5, 5.41) is 2.65. The van der Waals surface area contributed by atoms with Crippen molar-refractivity contribution in [3.05, 3.63) is 35.4 Å². The standard InChI is InChI=1S/C15H18F2N2O2/c1-14(2)13(21)19(15(3,4)12(20)18-14)8-9-5-6-10(16)7-11(9)17/h5-7H,8H2,1-4H3,(H,18,20). The van der Waals surface area contributed by atoms with E-state index < -0.39 is 22.7 Å². The molecule has 0 unspecified atom stereocenters. The van der Waals surface area contributed by atoms with Crippen LogP contribution in [0.15, 0.2) is 18.2 Å². The average molecular weight is 296 g/mol. The van der Waals surface area contributed by atoms with Crippen LogP contribution in [0.5, 0.6) is 0 Å². The van der Waals surface area contributed by atoms with E-state index in [-0.39, 0.29) is 23.9 Å². The third kappa shape index (κ3) is 2.62. The Morgan fingerprint density at radius 2 is 1.76 bits per heavy atom. The van der Waals surface area contributed by atoms with Gasteiger partial charge in [0.2, 0.25) is 11.8 Å². The topological polar surface area (TPSA) is 49.4 Å². The molecule has 1 aliphatic rings. The molecular formula is C15H18F2N2O2. The van der Waals surface area contributed by atoms with Crippen LogP contribution in [-0.4, -0.2) is 27.8 Å². The summed E-state index contributed by atoms with van der Waals surface area (Å²) in [6.45, 7) is 6.29. The molecule has 1 saturated heterocycles. The first kappa shape index (κ1) is 15.4. The fourth-order valence-electron chi connectivity index (χ4n) is 2.29. The van der Waals surface area contributed by atoms with Crippen LogP contribution in [0.2, 0.25) is 0 Å². The summed E-state index contributed by atoms with van der Waals surface area (Å²) in [5.74, 6) is -2.04. The van der Waals surface area contributed by atoms with Crippen molar-refractivity contribution >= 4 is 11.8 Å². The normalized spacial score (nSPS) is 20.4. The summed E-state index contributed by atoms with van der Waals surface area (Å²) in [4.78, 5) is 26.0. The lowest BCUT2D eigenvalue weighted by Gasteiger charge is -2.47. The van der Waals surface area contributed by atoms with E-state index in [2.05, 4.69) is 5.32 Å². The number of rotatable bonds is 2. The number of amides is 2. The fraction of sp³-hybridized carbons (Fsp3) is 0.467. The molecule has 0 aromatic heterocycles. The molecule has 0 spiro atoms. The number of hydrogen-bond acceptors (Lipinski definition) is 2. The molecular weight excluding hydrogens is 278 g/mol. The predicted octanol–water partition coefficient (Wildman–Crippen LogP) is 1.98. The molecule has 1 aromatic rings. The van der Waals surface area contributed by atoms with Gasteiger partial charge in [-0.2, -0.15) is 0 Å². The van der Waals surface area contributed by atoms with E-state index in [1.807, 2.05) is 0 Å². The van der Waals surface area contributed by atoms with Gasteiger partial charge in [-0.05, 0) is 33.8 Å². The van der Waals surface area contributed by atoms with Crippen LogP contribution in [0, 0.1) is 11.6 Å². The fourth-order valence-corrected chi connectivity index (χ4v) is 2.29. The maximum Gasteiger partial charge on any atom is 0.248 e. The van der Waals surface area contributed by atoms with Crippen molar-refractivity contribution in [2.45, 2.75) is 45.3 Å². The quantitative estimate of drug-likeness (QED) is 0.907. The maximum atomic E-state index is 13.8. The van der Waals surface area contributed by atoms with Crippen molar-refractivity contribution in [1.29, 1.82) is 0 Å². The molecule has 1 heterocycles. The minimum atomic E-state index is -1.10. The van der Waals surface area contributed by atoms with Crippen molar-refractivity contribution in [1.82, 2.24) is 10.2 Å². The minimum Gasteiger partial charge on any atom is -0.340 e. The lowest BCUT2D eigenvalue weighted by molar-refractivity contribution is -0.160. The second kappa shape index (κ2) is 4.79. The SMILES string of the molecule is CC1(C)NC(=O)C(C)(C)N(Cc2ccc(F)cc2F)C1=O. The van der Waals surface area contributed by atoms with E-state index >= 15 is 0 Å². The van der Waals surface area contributed by atoms with Gasteiger partial charge in [0.25, 0.3) is 0 Å². The lowest BCUT2D eigenvalue weighted by atomic mass is 9.89. The Kier molecular flexibility index (Phi) is 3.51. The third-order valence-corrected chi connectivity index (χ3v) is 3.78. The number of hydrogen-bond donors (Lipinski definition) is 1. The molecule has 114 valence electrons. The molecule has 6 heteroatoms. The molecule has 0 saturated carbocycles. The summed E-state index contributed by atoms with van der Waals surface area (Å²) < 4.78 is 26.8. The molecule has 4 nitrogen and oxygen atoms in total. The van der Waals surface area contributed by atoms with Crippen LogP contribution in [0.1, 0.15) is 33.3 Å². The highest BCUT2D eigenvalue weighted by atomic mass is 19.1. The summed E-state index contributed by atoms with van der Waals surface area (Å²) in [6.07, 6.45) is 0. The molecule has 21 heavy (non-hydrogen) atoms. The Morgan fingerprint density at radius 1 is 1.14 bits per heavy atom. The average Bonchev–Trinajstić information content (AvgIpc) is 2.34. The van der Waals surface area contributed by atoms with Gasteiger partial charge < -0.3 is 10.2 Å². The summed E-state index contributed by atoms with van der Waals surface area (Å²) >= 11 is 0. The van der Waals surface area contributed by atoms with Gasteiger partial charge in [0.05, 0.1) is 0 Å². The lowest BCUT2D eigenvalue weighted by Crippen LogP contribution is -2.71. The molecule has 0 radical (unpaired) electrons. The second-order valence-corrected chi connectivity index (χ2v) is 6.27. The smallest absolute Gasteiger partial charge is 0.248 e. The van der Waals surface area contributed by atoms with E-state index in [1.54, 1.807) is 27.7 Å². The highest BCUT2D eigenvalue weighted by Gasteiger charge is 2.50. The van der Waals surface area contributed by atoms with Gasteiger partial charge in [0.15, 0.2) is 0 Å².